The molecule has 4 heterocycles. The minimum atomic E-state index is -1.16. The van der Waals surface area contributed by atoms with Gasteiger partial charge in [0.15, 0.2) is 30.1 Å². The summed E-state index contributed by atoms with van der Waals surface area (Å²) >= 11 is 0. The Hall–Kier alpha value is -2.69. The highest BCUT2D eigenvalue weighted by Crippen LogP contribution is 2.43. The van der Waals surface area contributed by atoms with Crippen molar-refractivity contribution in [3.8, 4) is 0 Å². The van der Waals surface area contributed by atoms with Gasteiger partial charge in [-0.25, -0.2) is 0 Å². The molecule has 0 aromatic rings. The van der Waals surface area contributed by atoms with E-state index in [1.54, 1.807) is 27.7 Å². The van der Waals surface area contributed by atoms with E-state index in [2.05, 4.69) is 0 Å². The summed E-state index contributed by atoms with van der Waals surface area (Å²) in [6.45, 7) is 18.8. The van der Waals surface area contributed by atoms with Gasteiger partial charge in [-0.1, -0.05) is 27.7 Å². The third kappa shape index (κ3) is 11.3. The van der Waals surface area contributed by atoms with Crippen LogP contribution < -0.4 is 0 Å². The van der Waals surface area contributed by atoms with Crippen LogP contribution in [-0.2, 0) is 66.6 Å². The molecule has 17 atom stereocenters. The topological polar surface area (TPSA) is 175 Å². The van der Waals surface area contributed by atoms with E-state index in [1.165, 1.54) is 20.8 Å². The van der Waals surface area contributed by atoms with Crippen molar-refractivity contribution in [1.82, 2.24) is 4.90 Å². The van der Waals surface area contributed by atoms with Crippen LogP contribution in [0.1, 0.15) is 108 Å². The Labute approximate surface area is 332 Å². The Kier molecular flexibility index (Phi) is 15.9. The molecule has 0 aromatic heterocycles. The Morgan fingerprint density at radius 3 is 1.89 bits per heavy atom. The van der Waals surface area contributed by atoms with E-state index in [0.29, 0.717) is 19.3 Å². The summed E-state index contributed by atoms with van der Waals surface area (Å²) < 4.78 is 55.7. The molecule has 320 valence electrons. The first kappa shape index (κ1) is 46.0. The molecule has 0 aromatic carbocycles. The van der Waals surface area contributed by atoms with Gasteiger partial charge in [0.2, 0.25) is 0 Å². The van der Waals surface area contributed by atoms with Crippen molar-refractivity contribution in [2.75, 3.05) is 20.7 Å². The van der Waals surface area contributed by atoms with Crippen molar-refractivity contribution < 1.29 is 66.6 Å². The standard InChI is InChI=1S/C41H67NO14/c1-14-30-16-34(50-26(8)36(30)53-28(10)44)55-33-17-32(56-40-37(54-29(11)45)31(42(12)13)15-21(3)49-40)20(2)18-41(19-48-41)38(46)24(6)35(52-27(9)43)22(4)25(7)51-39(47)23(33)5/h20-26,30-37,40H,14-19H2,1-13H3/t20-,21+,22-,23+,24+,25+,26-,30-,31-,32+,33-,34-,35-,36-,37+,40-,41+/m0/s1. The molecule has 0 N–H and O–H groups in total. The van der Waals surface area contributed by atoms with Gasteiger partial charge in [-0.05, 0) is 67.0 Å². The van der Waals surface area contributed by atoms with Gasteiger partial charge in [-0.15, -0.1) is 0 Å². The van der Waals surface area contributed by atoms with Crippen molar-refractivity contribution in [2.45, 2.75) is 181 Å². The van der Waals surface area contributed by atoms with Crippen LogP contribution in [0.25, 0.3) is 0 Å². The van der Waals surface area contributed by atoms with Crippen molar-refractivity contribution in [3.63, 3.8) is 0 Å². The minimum absolute atomic E-state index is 0.0667. The average molecular weight is 798 g/mol. The SMILES string of the molecule is CC[C@H]1C[C@H](O[C@H]2C[C@@H](O[C@@H]3O[C@H](C)C[C@H](N(C)C)[C@H]3OC(C)=O)[C@@H](C)C[C@@]3(CO3)C(=O)[C@H](C)[C@@H](OC(C)=O)[C@@H](C)[C@@H](C)OC(=O)[C@@H]2C)O[C@@H](C)[C@@H]1OC(C)=O. The predicted octanol–water partition coefficient (Wildman–Crippen LogP) is 4.39. The summed E-state index contributed by atoms with van der Waals surface area (Å²) in [6, 6.07) is -0.224. The van der Waals surface area contributed by atoms with Gasteiger partial charge in [-0.2, -0.15) is 0 Å². The molecular formula is C41H67NO14. The van der Waals surface area contributed by atoms with Gasteiger partial charge < -0.3 is 47.5 Å². The number of hydrogen-bond acceptors (Lipinski definition) is 15. The average Bonchev–Trinajstić information content (AvgIpc) is 3.89. The summed E-state index contributed by atoms with van der Waals surface area (Å²) in [5.41, 5.74) is -1.16. The molecule has 1 spiro atoms. The van der Waals surface area contributed by atoms with Crippen LogP contribution >= 0.6 is 0 Å². The fraction of sp³-hybridized carbons (Fsp3) is 0.878. The van der Waals surface area contributed by atoms with Crippen molar-refractivity contribution in [2.24, 2.45) is 29.6 Å². The predicted molar refractivity (Wildman–Crippen MR) is 201 cm³/mol. The van der Waals surface area contributed by atoms with E-state index in [9.17, 15) is 24.0 Å². The Morgan fingerprint density at radius 1 is 0.750 bits per heavy atom. The first-order valence-electron chi connectivity index (χ1n) is 20.4. The van der Waals surface area contributed by atoms with Crippen LogP contribution in [0.4, 0.5) is 0 Å². The maximum atomic E-state index is 14.3. The molecule has 0 unspecified atom stereocenters. The van der Waals surface area contributed by atoms with Crippen LogP contribution in [-0.4, -0.2) is 128 Å². The van der Waals surface area contributed by atoms with Crippen molar-refractivity contribution >= 4 is 29.7 Å². The molecule has 4 fully saturated rings. The van der Waals surface area contributed by atoms with Crippen LogP contribution in [0.5, 0.6) is 0 Å². The van der Waals surface area contributed by atoms with Gasteiger partial charge in [0.05, 0.1) is 48.9 Å². The fourth-order valence-corrected chi connectivity index (χ4v) is 8.70. The van der Waals surface area contributed by atoms with Gasteiger partial charge in [0.25, 0.3) is 0 Å². The highest BCUT2D eigenvalue weighted by molar-refractivity contribution is 5.92. The largest absolute Gasteiger partial charge is 0.462 e. The van der Waals surface area contributed by atoms with E-state index in [4.69, 9.17) is 42.6 Å². The number of nitrogens with zero attached hydrogens (tertiary/aromatic N) is 1. The lowest BCUT2D eigenvalue weighted by molar-refractivity contribution is -0.289. The number of rotatable bonds is 9. The number of likely N-dealkylation sites (N-methyl/N-ethyl adjacent to an activating group) is 1. The third-order valence-corrected chi connectivity index (χ3v) is 12.2. The quantitative estimate of drug-likeness (QED) is 0.182. The number of ketones is 1. The zero-order valence-corrected chi connectivity index (χ0v) is 35.6. The number of ether oxygens (including phenoxy) is 9. The van der Waals surface area contributed by atoms with Gasteiger partial charge in [0.1, 0.15) is 18.3 Å². The van der Waals surface area contributed by atoms with Crippen LogP contribution in [0.2, 0.25) is 0 Å². The maximum Gasteiger partial charge on any atom is 0.311 e. The number of carbonyl (C=O) groups is 5. The molecule has 56 heavy (non-hydrogen) atoms. The highest BCUT2D eigenvalue weighted by Gasteiger charge is 2.57. The second kappa shape index (κ2) is 19.4. The lowest BCUT2D eigenvalue weighted by Gasteiger charge is -2.45. The number of carbonyl (C=O) groups excluding carboxylic acids is 5. The number of esters is 4. The molecule has 15 nitrogen and oxygen atoms in total. The highest BCUT2D eigenvalue weighted by atomic mass is 16.7. The second-order valence-corrected chi connectivity index (χ2v) is 17.0. The smallest absolute Gasteiger partial charge is 0.311 e. The Bertz CT molecular complexity index is 1390. The molecule has 4 rings (SSSR count). The summed E-state index contributed by atoms with van der Waals surface area (Å²) in [7, 11) is 3.81. The van der Waals surface area contributed by atoms with Crippen LogP contribution in [0.15, 0.2) is 0 Å². The van der Waals surface area contributed by atoms with Gasteiger partial charge in [0, 0.05) is 45.4 Å². The molecular weight excluding hydrogens is 730 g/mol. The molecule has 4 aliphatic heterocycles. The zero-order chi connectivity index (χ0) is 41.8. The lowest BCUT2D eigenvalue weighted by atomic mass is 9.78. The van der Waals surface area contributed by atoms with Gasteiger partial charge >= 0.3 is 23.9 Å². The molecule has 15 heteroatoms. The number of epoxide rings is 1. The van der Waals surface area contributed by atoms with Crippen LogP contribution in [0, 0.1) is 29.6 Å². The summed E-state index contributed by atoms with van der Waals surface area (Å²) in [6.07, 6.45) is -4.87. The van der Waals surface area contributed by atoms with Crippen molar-refractivity contribution in [3.05, 3.63) is 0 Å². The molecule has 0 aliphatic carbocycles. The maximum absolute atomic E-state index is 14.3. The van der Waals surface area contributed by atoms with E-state index in [1.807, 2.05) is 46.7 Å². The lowest BCUT2D eigenvalue weighted by Crippen LogP contribution is -2.57. The normalized spacial score (nSPS) is 42.7. The summed E-state index contributed by atoms with van der Waals surface area (Å²) in [5, 5.41) is 0. The molecule has 0 bridgehead atoms. The fourth-order valence-electron chi connectivity index (χ4n) is 8.70. The Morgan fingerprint density at radius 2 is 1.34 bits per heavy atom. The monoisotopic (exact) mass is 797 g/mol. The second-order valence-electron chi connectivity index (χ2n) is 17.0. The van der Waals surface area contributed by atoms with Crippen LogP contribution in [0.3, 0.4) is 0 Å². The van der Waals surface area contributed by atoms with E-state index in [-0.39, 0.29) is 43.3 Å². The molecule has 0 radical (unpaired) electrons. The zero-order valence-electron chi connectivity index (χ0n) is 35.6. The molecule has 4 aliphatic rings. The first-order chi connectivity index (χ1) is 26.2. The number of Topliss-reactive ketones (excluding diaryl/α,β-unsaturated/α-hetero) is 1. The van der Waals surface area contributed by atoms with Gasteiger partial charge in [-0.3, -0.25) is 24.0 Å². The van der Waals surface area contributed by atoms with Crippen molar-refractivity contribution in [1.29, 1.82) is 0 Å². The van der Waals surface area contributed by atoms with E-state index >= 15 is 0 Å². The molecule has 4 saturated heterocycles. The number of cyclic esters (lactones) is 1. The minimum Gasteiger partial charge on any atom is -0.462 e. The summed E-state index contributed by atoms with van der Waals surface area (Å²) in [5.74, 6) is -4.83. The Balaban J connectivity index is 1.77. The van der Waals surface area contributed by atoms with E-state index < -0.39 is 108 Å². The third-order valence-electron chi connectivity index (χ3n) is 12.2. The molecule has 0 amide bonds. The number of hydrogen-bond donors (Lipinski definition) is 0. The summed E-state index contributed by atoms with van der Waals surface area (Å²) in [4.78, 5) is 67.2. The molecule has 0 saturated carbocycles. The van der Waals surface area contributed by atoms with E-state index in [0.717, 1.165) is 0 Å². The first-order valence-corrected chi connectivity index (χ1v) is 20.4.